The summed E-state index contributed by atoms with van der Waals surface area (Å²) in [6.45, 7) is 5.68. The third kappa shape index (κ3) is 7.27. The molecule has 4 heteroatoms. The molecule has 0 aliphatic carbocycles. The molecule has 0 bridgehead atoms. The fourth-order valence-electron chi connectivity index (χ4n) is 2.11. The van der Waals surface area contributed by atoms with E-state index in [9.17, 15) is 0 Å². The summed E-state index contributed by atoms with van der Waals surface area (Å²) in [6, 6.07) is 0. The van der Waals surface area contributed by atoms with Gasteiger partial charge in [-0.3, -0.25) is 0 Å². The van der Waals surface area contributed by atoms with Crippen LogP contribution < -0.4 is 11.5 Å². The summed E-state index contributed by atoms with van der Waals surface area (Å²) in [5, 5.41) is 0. The Hall–Kier alpha value is 0.620. The van der Waals surface area contributed by atoms with Crippen LogP contribution in [-0.2, 0) is 0 Å². The van der Waals surface area contributed by atoms with Crippen molar-refractivity contribution in [2.24, 2.45) is 11.5 Å². The second-order valence-corrected chi connectivity index (χ2v) is 7.38. The lowest BCUT2D eigenvalue weighted by Crippen LogP contribution is -2.31. The monoisotopic (exact) mass is 292 g/mol. The Morgan fingerprint density at radius 1 is 0.722 bits per heavy atom. The van der Waals surface area contributed by atoms with Gasteiger partial charge in [0, 0.05) is 22.6 Å². The van der Waals surface area contributed by atoms with E-state index in [1.807, 2.05) is 0 Å². The van der Waals surface area contributed by atoms with Gasteiger partial charge in [0.1, 0.15) is 0 Å². The van der Waals surface area contributed by atoms with Crippen molar-refractivity contribution in [1.29, 1.82) is 0 Å². The van der Waals surface area contributed by atoms with Crippen LogP contribution in [0.5, 0.6) is 0 Å². The van der Waals surface area contributed by atoms with E-state index in [2.05, 4.69) is 39.1 Å². The Morgan fingerprint density at radius 2 is 1.06 bits per heavy atom. The summed E-state index contributed by atoms with van der Waals surface area (Å²) in [7, 11) is 0. The number of unbranched alkanes of at least 4 members (excludes halogenated alkanes) is 3. The van der Waals surface area contributed by atoms with Gasteiger partial charge in [0.2, 0.25) is 0 Å². The summed E-state index contributed by atoms with van der Waals surface area (Å²) in [5.74, 6) is 0. The topological polar surface area (TPSA) is 52.0 Å². The molecule has 0 aliphatic rings. The fourth-order valence-corrected chi connectivity index (χ4v) is 2.42. The van der Waals surface area contributed by atoms with Crippen molar-refractivity contribution < 1.29 is 0 Å². The first-order valence-corrected chi connectivity index (χ1v) is 8.19. The zero-order valence-electron chi connectivity index (χ0n) is 12.1. The minimum atomic E-state index is 0.0496. The van der Waals surface area contributed by atoms with Gasteiger partial charge < -0.3 is 11.5 Å². The molecule has 4 N–H and O–H groups in total. The van der Waals surface area contributed by atoms with Gasteiger partial charge in [-0.25, -0.2) is 0 Å². The van der Waals surface area contributed by atoms with Crippen LogP contribution in [0.4, 0.5) is 0 Å². The highest BCUT2D eigenvalue weighted by molar-refractivity contribution is 7.82. The predicted molar refractivity (Wildman–Crippen MR) is 89.8 cm³/mol. The van der Waals surface area contributed by atoms with Crippen molar-refractivity contribution in [2.75, 3.05) is 13.1 Å². The number of thiol groups is 2. The third-order valence-electron chi connectivity index (χ3n) is 4.11. The quantitative estimate of drug-likeness (QED) is 0.348. The van der Waals surface area contributed by atoms with Crippen molar-refractivity contribution >= 4 is 25.3 Å². The minimum absolute atomic E-state index is 0.0496. The first-order chi connectivity index (χ1) is 8.45. The summed E-state index contributed by atoms with van der Waals surface area (Å²) < 4.78 is 0.0992. The van der Waals surface area contributed by atoms with Crippen LogP contribution in [0, 0.1) is 0 Å². The molecule has 0 aromatic carbocycles. The molecular formula is C14H32N2S2. The Morgan fingerprint density at radius 3 is 1.28 bits per heavy atom. The van der Waals surface area contributed by atoms with E-state index in [4.69, 9.17) is 11.5 Å². The lowest BCUT2D eigenvalue weighted by molar-refractivity contribution is 0.466. The Balaban J connectivity index is 3.63. The fraction of sp³-hybridized carbons (Fsp3) is 1.00. The predicted octanol–water partition coefficient (Wildman–Crippen LogP) is 3.40. The van der Waals surface area contributed by atoms with Gasteiger partial charge in [-0.2, -0.15) is 25.3 Å². The van der Waals surface area contributed by atoms with E-state index in [1.165, 1.54) is 25.7 Å². The number of rotatable bonds is 11. The molecule has 0 amide bonds. The van der Waals surface area contributed by atoms with Crippen LogP contribution in [0.2, 0.25) is 0 Å². The molecule has 0 fully saturated rings. The van der Waals surface area contributed by atoms with Gasteiger partial charge >= 0.3 is 0 Å². The van der Waals surface area contributed by atoms with Crippen LogP contribution in [-0.4, -0.2) is 22.6 Å². The summed E-state index contributed by atoms with van der Waals surface area (Å²) >= 11 is 9.33. The SMILES string of the molecule is CCC(S)(CN)CCCCCCC(S)(CC)CN. The smallest absolute Gasteiger partial charge is 0.0249 e. The van der Waals surface area contributed by atoms with Gasteiger partial charge in [-0.05, 0) is 25.7 Å². The molecule has 0 aromatic heterocycles. The molecular weight excluding hydrogens is 260 g/mol. The van der Waals surface area contributed by atoms with Crippen LogP contribution in [0.25, 0.3) is 0 Å². The summed E-state index contributed by atoms with van der Waals surface area (Å²) in [4.78, 5) is 0. The molecule has 110 valence electrons. The second kappa shape index (κ2) is 9.51. The van der Waals surface area contributed by atoms with Crippen LogP contribution in [0.3, 0.4) is 0 Å². The Bertz CT molecular complexity index is 180. The maximum Gasteiger partial charge on any atom is 0.0249 e. The van der Waals surface area contributed by atoms with Crippen molar-refractivity contribution in [2.45, 2.75) is 74.7 Å². The zero-order chi connectivity index (χ0) is 14.1. The number of hydrogen-bond donors (Lipinski definition) is 4. The number of nitrogens with two attached hydrogens (primary N) is 2. The largest absolute Gasteiger partial charge is 0.329 e. The Kier molecular flexibility index (Phi) is 9.84. The molecule has 0 aliphatic heterocycles. The van der Waals surface area contributed by atoms with E-state index >= 15 is 0 Å². The van der Waals surface area contributed by atoms with Gasteiger partial charge in [0.15, 0.2) is 0 Å². The average molecular weight is 293 g/mol. The minimum Gasteiger partial charge on any atom is -0.329 e. The van der Waals surface area contributed by atoms with Crippen molar-refractivity contribution in [3.8, 4) is 0 Å². The molecule has 0 radical (unpaired) electrons. The zero-order valence-corrected chi connectivity index (χ0v) is 13.9. The van der Waals surface area contributed by atoms with Crippen molar-refractivity contribution in [3.63, 3.8) is 0 Å². The molecule has 0 heterocycles. The van der Waals surface area contributed by atoms with Crippen LogP contribution in [0.15, 0.2) is 0 Å². The van der Waals surface area contributed by atoms with Crippen LogP contribution >= 0.6 is 25.3 Å². The summed E-state index contributed by atoms with van der Waals surface area (Å²) in [5.41, 5.74) is 11.5. The molecule has 2 unspecified atom stereocenters. The van der Waals surface area contributed by atoms with E-state index in [0.29, 0.717) is 13.1 Å². The highest BCUT2D eigenvalue weighted by Crippen LogP contribution is 2.27. The first-order valence-electron chi connectivity index (χ1n) is 7.30. The highest BCUT2D eigenvalue weighted by Gasteiger charge is 2.21. The normalized spacial score (nSPS) is 18.3. The molecule has 2 nitrogen and oxygen atoms in total. The third-order valence-corrected chi connectivity index (χ3v) is 5.56. The molecule has 2 atom stereocenters. The standard InChI is InChI=1S/C14H32N2S2/c1-3-13(17,11-15)9-7-5-6-8-10-14(18,4-2)12-16/h17-18H,3-12,15-16H2,1-2H3. The van der Waals surface area contributed by atoms with Crippen molar-refractivity contribution in [1.82, 2.24) is 0 Å². The van der Waals surface area contributed by atoms with E-state index in [-0.39, 0.29) is 9.49 Å². The van der Waals surface area contributed by atoms with Crippen molar-refractivity contribution in [3.05, 3.63) is 0 Å². The lowest BCUT2D eigenvalue weighted by Gasteiger charge is -2.26. The second-order valence-electron chi connectivity index (χ2n) is 5.48. The molecule has 0 saturated carbocycles. The maximum absolute atomic E-state index is 5.75. The molecule has 0 rings (SSSR count). The van der Waals surface area contributed by atoms with Crippen LogP contribution in [0.1, 0.15) is 65.2 Å². The van der Waals surface area contributed by atoms with Gasteiger partial charge in [-0.15, -0.1) is 0 Å². The van der Waals surface area contributed by atoms with E-state index in [1.54, 1.807) is 0 Å². The highest BCUT2D eigenvalue weighted by atomic mass is 32.1. The average Bonchev–Trinajstić information content (AvgIpc) is 2.42. The number of hydrogen-bond acceptors (Lipinski definition) is 4. The maximum atomic E-state index is 5.75. The molecule has 0 spiro atoms. The lowest BCUT2D eigenvalue weighted by atomic mass is 9.94. The summed E-state index contributed by atoms with van der Waals surface area (Å²) in [6.07, 6.45) is 9.33. The van der Waals surface area contributed by atoms with Gasteiger partial charge in [0.25, 0.3) is 0 Å². The Labute approximate surface area is 124 Å². The van der Waals surface area contributed by atoms with E-state index < -0.39 is 0 Å². The van der Waals surface area contributed by atoms with Gasteiger partial charge in [0.05, 0.1) is 0 Å². The molecule has 18 heavy (non-hydrogen) atoms. The molecule has 0 saturated heterocycles. The van der Waals surface area contributed by atoms with E-state index in [0.717, 1.165) is 25.7 Å². The molecule has 0 aromatic rings. The van der Waals surface area contributed by atoms with Gasteiger partial charge in [-0.1, -0.05) is 39.5 Å². The first kappa shape index (κ1) is 18.6.